The van der Waals surface area contributed by atoms with Crippen molar-refractivity contribution < 1.29 is 33.4 Å². The molecule has 3 aromatic rings. The third-order valence-electron chi connectivity index (χ3n) is 10.3. The largest absolute Gasteiger partial charge is 0.508 e. The highest BCUT2D eigenvalue weighted by Crippen LogP contribution is 2.65. The van der Waals surface area contributed by atoms with Crippen LogP contribution in [0.5, 0.6) is 11.5 Å². The lowest BCUT2D eigenvalue weighted by Gasteiger charge is -2.50. The molecule has 2 heterocycles. The first-order valence-corrected chi connectivity index (χ1v) is 16.1. The van der Waals surface area contributed by atoms with Crippen LogP contribution in [0, 0.1) is 29.5 Å². The minimum absolute atomic E-state index is 0.119. The van der Waals surface area contributed by atoms with Crippen LogP contribution < -0.4 is 10.2 Å². The molecule has 0 aromatic heterocycles. The van der Waals surface area contributed by atoms with Crippen LogP contribution in [0.15, 0.2) is 78.4 Å². The summed E-state index contributed by atoms with van der Waals surface area (Å²) in [7, 11) is 1.48. The fourth-order valence-corrected chi connectivity index (χ4v) is 8.53. The number of halogens is 2. The second-order valence-corrected chi connectivity index (χ2v) is 13.1. The molecule has 2 aliphatic carbocycles. The van der Waals surface area contributed by atoms with E-state index in [0.717, 1.165) is 10.6 Å². The smallest absolute Gasteiger partial charge is 0.260 e. The number of phenols is 1. The second-order valence-electron chi connectivity index (χ2n) is 12.6. The maximum absolute atomic E-state index is 15.1. The Morgan fingerprint density at radius 2 is 1.70 bits per heavy atom. The highest BCUT2D eigenvalue weighted by Gasteiger charge is 2.70. The summed E-state index contributed by atoms with van der Waals surface area (Å²) in [4.78, 5) is 58.4. The Morgan fingerprint density at radius 1 is 0.979 bits per heavy atom. The van der Waals surface area contributed by atoms with E-state index in [2.05, 4.69) is 5.43 Å². The molecule has 2 N–H and O–H groups in total. The van der Waals surface area contributed by atoms with E-state index in [1.807, 2.05) is 13.0 Å². The fourth-order valence-electron chi connectivity index (χ4n) is 8.40. The van der Waals surface area contributed by atoms with Crippen LogP contribution in [0.4, 0.5) is 10.1 Å². The molecule has 4 amide bonds. The molecule has 3 fully saturated rings. The van der Waals surface area contributed by atoms with Crippen molar-refractivity contribution >= 4 is 40.9 Å². The minimum Gasteiger partial charge on any atom is -0.508 e. The third-order valence-corrected chi connectivity index (χ3v) is 10.6. The van der Waals surface area contributed by atoms with Gasteiger partial charge in [0.05, 0.1) is 36.0 Å². The summed E-state index contributed by atoms with van der Waals surface area (Å²) in [5, 5.41) is 13.0. The number of imide groups is 2. The van der Waals surface area contributed by atoms with Gasteiger partial charge in [-0.05, 0) is 73.2 Å². The molecule has 0 unspecified atom stereocenters. The van der Waals surface area contributed by atoms with Gasteiger partial charge in [0.25, 0.3) is 11.8 Å². The summed E-state index contributed by atoms with van der Waals surface area (Å²) in [6.07, 6.45) is 2.95. The number of amides is 4. The first-order valence-electron chi connectivity index (χ1n) is 15.7. The van der Waals surface area contributed by atoms with E-state index in [4.69, 9.17) is 16.3 Å². The molecule has 0 spiro atoms. The molecule has 47 heavy (non-hydrogen) atoms. The highest BCUT2D eigenvalue weighted by molar-refractivity contribution is 6.30. The Bertz CT molecular complexity index is 1830. The Labute approximate surface area is 275 Å². The summed E-state index contributed by atoms with van der Waals surface area (Å²) >= 11 is 6.31. The minimum atomic E-state index is -1.58. The summed E-state index contributed by atoms with van der Waals surface area (Å²) < 4.78 is 19.1. The van der Waals surface area contributed by atoms with Gasteiger partial charge >= 0.3 is 0 Å². The number of benzene rings is 3. The van der Waals surface area contributed by atoms with Crippen molar-refractivity contribution in [3.63, 3.8) is 0 Å². The van der Waals surface area contributed by atoms with Crippen molar-refractivity contribution in [2.45, 2.75) is 37.5 Å². The SMILES string of the molecule is CCCN1C(=O)[C@H]2[C@H](CC=C3[C@H]2C[C@H]2C(=O)N(Nc4ccc(F)cc4)C(=O)[C@@]2(c2ccc(Cl)cc2)[C@H]3c2ccc(OC)cc2O)C1=O. The first-order chi connectivity index (χ1) is 22.6. The number of nitrogens with zero attached hydrogens (tertiary/aromatic N) is 2. The summed E-state index contributed by atoms with van der Waals surface area (Å²) in [5.41, 5.74) is 3.27. The van der Waals surface area contributed by atoms with Crippen LogP contribution in [0.1, 0.15) is 43.2 Å². The van der Waals surface area contributed by atoms with Crippen LogP contribution in [-0.2, 0) is 24.6 Å². The monoisotopic (exact) mass is 657 g/mol. The summed E-state index contributed by atoms with van der Waals surface area (Å²) in [6, 6.07) is 16.9. The van der Waals surface area contributed by atoms with Crippen LogP contribution >= 0.6 is 11.6 Å². The van der Waals surface area contributed by atoms with E-state index >= 15 is 4.79 Å². The van der Waals surface area contributed by atoms with Gasteiger partial charge in [0, 0.05) is 29.1 Å². The number of ether oxygens (including phenoxy) is 1. The average Bonchev–Trinajstić information content (AvgIpc) is 3.43. The zero-order valence-electron chi connectivity index (χ0n) is 25.8. The molecular weight excluding hydrogens is 625 g/mol. The molecule has 6 atom stereocenters. The number of hydrogen-bond donors (Lipinski definition) is 2. The lowest BCUT2D eigenvalue weighted by molar-refractivity contribution is -0.141. The molecule has 7 rings (SSSR count). The van der Waals surface area contributed by atoms with Crippen LogP contribution in [0.3, 0.4) is 0 Å². The van der Waals surface area contributed by atoms with Gasteiger partial charge in [0.1, 0.15) is 17.3 Å². The van der Waals surface area contributed by atoms with Gasteiger partial charge in [-0.25, -0.2) is 4.39 Å². The number of rotatable bonds is 7. The zero-order chi connectivity index (χ0) is 33.2. The topological polar surface area (TPSA) is 116 Å². The highest BCUT2D eigenvalue weighted by atomic mass is 35.5. The predicted octanol–water partition coefficient (Wildman–Crippen LogP) is 5.59. The maximum atomic E-state index is 15.1. The van der Waals surface area contributed by atoms with E-state index in [0.29, 0.717) is 40.6 Å². The van der Waals surface area contributed by atoms with E-state index in [1.54, 1.807) is 36.4 Å². The van der Waals surface area contributed by atoms with Gasteiger partial charge < -0.3 is 9.84 Å². The van der Waals surface area contributed by atoms with Crippen LogP contribution in [-0.4, -0.2) is 52.3 Å². The molecule has 9 nitrogen and oxygen atoms in total. The van der Waals surface area contributed by atoms with Gasteiger partial charge in [-0.1, -0.05) is 48.4 Å². The van der Waals surface area contributed by atoms with Crippen LogP contribution in [0.25, 0.3) is 0 Å². The first kappa shape index (κ1) is 30.9. The maximum Gasteiger partial charge on any atom is 0.260 e. The number of allylic oxidation sites excluding steroid dienone is 2. The van der Waals surface area contributed by atoms with Crippen molar-refractivity contribution in [2.75, 3.05) is 19.1 Å². The molecule has 0 radical (unpaired) electrons. The number of carbonyl (C=O) groups is 4. The molecule has 3 aromatic carbocycles. The van der Waals surface area contributed by atoms with Crippen molar-refractivity contribution in [3.8, 4) is 11.5 Å². The Balaban J connectivity index is 1.46. The number of anilines is 1. The lowest BCUT2D eigenvalue weighted by Crippen LogP contribution is -2.53. The van der Waals surface area contributed by atoms with E-state index in [9.17, 15) is 23.9 Å². The summed E-state index contributed by atoms with van der Waals surface area (Å²) in [6.45, 7) is 2.21. The quantitative estimate of drug-likeness (QED) is 0.251. The Morgan fingerprint density at radius 3 is 2.36 bits per heavy atom. The molecule has 0 bridgehead atoms. The van der Waals surface area contributed by atoms with Gasteiger partial charge in [0.15, 0.2) is 0 Å². The number of likely N-dealkylation sites (tertiary alicyclic amines) is 1. The van der Waals surface area contributed by atoms with E-state index in [-0.39, 0.29) is 30.4 Å². The number of methoxy groups -OCH3 is 1. The zero-order valence-corrected chi connectivity index (χ0v) is 26.5. The molecule has 11 heteroatoms. The van der Waals surface area contributed by atoms with Crippen molar-refractivity contribution in [1.29, 1.82) is 0 Å². The molecule has 2 saturated heterocycles. The normalized spacial score (nSPS) is 28.2. The summed E-state index contributed by atoms with van der Waals surface area (Å²) in [5.74, 6) is -5.54. The number of hydrogen-bond acceptors (Lipinski definition) is 7. The predicted molar refractivity (Wildman–Crippen MR) is 171 cm³/mol. The number of hydrazine groups is 1. The molecule has 2 aliphatic heterocycles. The van der Waals surface area contributed by atoms with Crippen molar-refractivity contribution in [3.05, 3.63) is 100 Å². The molecular formula is C36H33ClFN3O6. The van der Waals surface area contributed by atoms with Gasteiger partial charge in [-0.15, -0.1) is 0 Å². The van der Waals surface area contributed by atoms with Crippen LogP contribution in [0.2, 0.25) is 5.02 Å². The standard InChI is InChI=1S/C36H33ClFN3O6/c1-3-16-40-32(43)26-15-14-24-27(30(26)34(40)45)18-28-33(44)41(39-22-10-8-21(38)9-11-22)35(46)36(28,19-4-6-20(37)7-5-19)31(24)25-13-12-23(47-2)17-29(25)42/h4-14,17,26-28,30-31,39,42H,3,15-16,18H2,1-2H3/t26-,27+,28-,30-,31+,36+/m0/s1. The van der Waals surface area contributed by atoms with Gasteiger partial charge in [-0.3, -0.25) is 29.5 Å². The van der Waals surface area contributed by atoms with E-state index < -0.39 is 52.6 Å². The number of nitrogens with one attached hydrogen (secondary N) is 1. The van der Waals surface area contributed by atoms with Gasteiger partial charge in [0.2, 0.25) is 11.8 Å². The average molecular weight is 658 g/mol. The number of carbonyl (C=O) groups excluding carboxylic acids is 4. The Kier molecular flexibility index (Phi) is 7.58. The van der Waals surface area contributed by atoms with E-state index in [1.165, 1.54) is 42.3 Å². The Hall–Kier alpha value is -4.70. The molecule has 1 saturated carbocycles. The van der Waals surface area contributed by atoms with Crippen molar-refractivity contribution in [2.24, 2.45) is 23.7 Å². The molecule has 242 valence electrons. The van der Waals surface area contributed by atoms with Crippen molar-refractivity contribution in [1.82, 2.24) is 9.91 Å². The molecule has 4 aliphatic rings. The fraction of sp³-hybridized carbons (Fsp3) is 0.333. The van der Waals surface area contributed by atoms with Gasteiger partial charge in [-0.2, -0.15) is 5.01 Å². The lowest BCUT2D eigenvalue weighted by atomic mass is 9.49. The third kappa shape index (κ3) is 4.56. The number of fused-ring (bicyclic) bond motifs is 4. The number of phenolic OH excluding ortho intramolecular Hbond substituents is 1. The number of aromatic hydroxyl groups is 1. The second kappa shape index (κ2) is 11.5.